The van der Waals surface area contributed by atoms with E-state index in [1.54, 1.807) is 6.07 Å². The van der Waals surface area contributed by atoms with Crippen molar-refractivity contribution in [2.24, 2.45) is 0 Å². The summed E-state index contributed by atoms with van der Waals surface area (Å²) in [4.78, 5) is 9.59. The molecule has 7 heteroatoms. The first-order chi connectivity index (χ1) is 14.6. The number of nitrogens with zero attached hydrogens (tertiary/aromatic N) is 3. The van der Waals surface area contributed by atoms with Crippen LogP contribution >= 0.6 is 23.2 Å². The average molecular weight is 445 g/mol. The Morgan fingerprint density at radius 1 is 1.00 bits per heavy atom. The molecule has 0 aliphatic carbocycles. The lowest BCUT2D eigenvalue weighted by Gasteiger charge is -2.32. The molecule has 4 rings (SSSR count). The minimum atomic E-state index is 0.582. The predicted octanol–water partition coefficient (Wildman–Crippen LogP) is 5.30. The fourth-order valence-electron chi connectivity index (χ4n) is 3.64. The summed E-state index contributed by atoms with van der Waals surface area (Å²) in [6, 6.07) is 15.3. The summed E-state index contributed by atoms with van der Waals surface area (Å²) in [5.41, 5.74) is 1.68. The molecule has 1 aliphatic rings. The Bertz CT molecular complexity index is 985. The Balaban J connectivity index is 1.37. The van der Waals surface area contributed by atoms with Crippen molar-refractivity contribution in [3.05, 3.63) is 58.6 Å². The van der Waals surface area contributed by atoms with Gasteiger partial charge < -0.3 is 19.9 Å². The molecule has 30 heavy (non-hydrogen) atoms. The van der Waals surface area contributed by atoms with Crippen molar-refractivity contribution in [3.8, 4) is 5.75 Å². The van der Waals surface area contributed by atoms with Gasteiger partial charge in [-0.1, -0.05) is 29.3 Å². The van der Waals surface area contributed by atoms with E-state index in [1.165, 1.54) is 0 Å². The van der Waals surface area contributed by atoms with Gasteiger partial charge in [0.05, 0.1) is 12.1 Å². The minimum absolute atomic E-state index is 0.582. The van der Waals surface area contributed by atoms with Crippen LogP contribution in [0.25, 0.3) is 10.9 Å². The van der Waals surface area contributed by atoms with Crippen LogP contribution in [0.2, 0.25) is 10.0 Å². The number of halogens is 2. The molecular formula is C23H26Cl2N4O. The zero-order valence-electron chi connectivity index (χ0n) is 17.1. The molecule has 0 unspecified atom stereocenters. The topological polar surface area (TPSA) is 40.6 Å². The SMILES string of the molecule is CN1CCN(CCCOc2cccc3nc(Nc4cc(Cl)cc(Cl)c4)ccc23)CC1. The molecule has 158 valence electrons. The van der Waals surface area contributed by atoms with Gasteiger partial charge >= 0.3 is 0 Å². The van der Waals surface area contributed by atoms with Crippen molar-refractivity contribution in [2.75, 3.05) is 51.7 Å². The lowest BCUT2D eigenvalue weighted by Crippen LogP contribution is -2.44. The van der Waals surface area contributed by atoms with Gasteiger partial charge in [-0.3, -0.25) is 0 Å². The summed E-state index contributed by atoms with van der Waals surface area (Å²) in [5, 5.41) is 5.43. The molecule has 2 heterocycles. The summed E-state index contributed by atoms with van der Waals surface area (Å²) in [7, 11) is 2.18. The van der Waals surface area contributed by atoms with Crippen molar-refractivity contribution in [1.82, 2.24) is 14.8 Å². The Morgan fingerprint density at radius 2 is 1.77 bits per heavy atom. The van der Waals surface area contributed by atoms with Gasteiger partial charge in [-0.2, -0.15) is 0 Å². The molecular weight excluding hydrogens is 419 g/mol. The van der Waals surface area contributed by atoms with E-state index in [-0.39, 0.29) is 0 Å². The third-order valence-electron chi connectivity index (χ3n) is 5.30. The summed E-state index contributed by atoms with van der Waals surface area (Å²) in [5.74, 6) is 1.60. The van der Waals surface area contributed by atoms with Gasteiger partial charge in [-0.15, -0.1) is 0 Å². The highest BCUT2D eigenvalue weighted by atomic mass is 35.5. The van der Waals surface area contributed by atoms with Gasteiger partial charge in [0.15, 0.2) is 0 Å². The first-order valence-electron chi connectivity index (χ1n) is 10.2. The number of hydrogen-bond donors (Lipinski definition) is 1. The molecule has 0 amide bonds. The molecule has 1 saturated heterocycles. The standard InChI is InChI=1S/C23H26Cl2N4O/c1-28-9-11-29(12-10-28)8-3-13-30-22-5-2-4-21-20(22)6-7-23(27-21)26-19-15-17(24)14-18(25)16-19/h2,4-7,14-16H,3,8-13H2,1H3,(H,26,27). The largest absolute Gasteiger partial charge is 0.493 e. The van der Waals surface area contributed by atoms with Gasteiger partial charge in [0.2, 0.25) is 0 Å². The first-order valence-corrected chi connectivity index (χ1v) is 11.0. The summed E-state index contributed by atoms with van der Waals surface area (Å²) in [6.45, 7) is 6.35. The van der Waals surface area contributed by atoms with Crippen molar-refractivity contribution in [1.29, 1.82) is 0 Å². The van der Waals surface area contributed by atoms with Crippen LogP contribution in [-0.2, 0) is 0 Å². The summed E-state index contributed by atoms with van der Waals surface area (Å²) < 4.78 is 6.09. The molecule has 0 bridgehead atoms. The number of pyridine rings is 1. The van der Waals surface area contributed by atoms with Gasteiger partial charge in [-0.25, -0.2) is 4.98 Å². The highest BCUT2D eigenvalue weighted by molar-refractivity contribution is 6.35. The molecule has 5 nitrogen and oxygen atoms in total. The van der Waals surface area contributed by atoms with Gasteiger partial charge in [0.25, 0.3) is 0 Å². The number of piperazine rings is 1. The monoisotopic (exact) mass is 444 g/mol. The van der Waals surface area contributed by atoms with Crippen LogP contribution in [0, 0.1) is 0 Å². The number of hydrogen-bond acceptors (Lipinski definition) is 5. The molecule has 1 aliphatic heterocycles. The van der Waals surface area contributed by atoms with E-state index in [0.717, 1.165) is 67.3 Å². The second-order valence-electron chi connectivity index (χ2n) is 7.65. The number of anilines is 2. The highest BCUT2D eigenvalue weighted by Crippen LogP contribution is 2.28. The van der Waals surface area contributed by atoms with Crippen LogP contribution < -0.4 is 10.1 Å². The zero-order chi connectivity index (χ0) is 20.9. The molecule has 0 atom stereocenters. The number of likely N-dealkylation sites (N-methyl/N-ethyl adjacent to an activating group) is 1. The van der Waals surface area contributed by atoms with E-state index in [0.29, 0.717) is 16.7 Å². The van der Waals surface area contributed by atoms with Crippen LogP contribution in [0.1, 0.15) is 6.42 Å². The zero-order valence-corrected chi connectivity index (χ0v) is 18.6. The fourth-order valence-corrected chi connectivity index (χ4v) is 4.16. The first kappa shape index (κ1) is 21.2. The Kier molecular flexibility index (Phi) is 6.95. The second kappa shape index (κ2) is 9.84. The number of ether oxygens (including phenoxy) is 1. The smallest absolute Gasteiger partial charge is 0.131 e. The molecule has 0 radical (unpaired) electrons. The van der Waals surface area contributed by atoms with E-state index in [4.69, 9.17) is 32.9 Å². The van der Waals surface area contributed by atoms with Crippen LogP contribution in [0.3, 0.4) is 0 Å². The molecule has 1 N–H and O–H groups in total. The van der Waals surface area contributed by atoms with Crippen LogP contribution in [0.4, 0.5) is 11.5 Å². The van der Waals surface area contributed by atoms with E-state index in [2.05, 4.69) is 22.2 Å². The Labute approximate surface area is 187 Å². The molecule has 1 aromatic heterocycles. The quantitative estimate of drug-likeness (QED) is 0.500. The third kappa shape index (κ3) is 5.55. The summed E-state index contributed by atoms with van der Waals surface area (Å²) in [6.07, 6.45) is 1.02. The molecule has 0 saturated carbocycles. The lowest BCUT2D eigenvalue weighted by molar-refractivity contribution is 0.145. The highest BCUT2D eigenvalue weighted by Gasteiger charge is 2.13. The van der Waals surface area contributed by atoms with Crippen LogP contribution in [0.15, 0.2) is 48.5 Å². The lowest BCUT2D eigenvalue weighted by atomic mass is 10.2. The normalized spacial score (nSPS) is 15.4. The van der Waals surface area contributed by atoms with Crippen LogP contribution in [0.5, 0.6) is 5.75 Å². The number of nitrogens with one attached hydrogen (secondary N) is 1. The maximum Gasteiger partial charge on any atom is 0.131 e. The molecule has 1 fully saturated rings. The predicted molar refractivity (Wildman–Crippen MR) is 126 cm³/mol. The number of aromatic nitrogens is 1. The van der Waals surface area contributed by atoms with Crippen molar-refractivity contribution in [2.45, 2.75) is 6.42 Å². The Morgan fingerprint density at radius 3 is 2.53 bits per heavy atom. The summed E-state index contributed by atoms with van der Waals surface area (Å²) >= 11 is 12.2. The van der Waals surface area contributed by atoms with Crippen molar-refractivity contribution >= 4 is 45.6 Å². The third-order valence-corrected chi connectivity index (χ3v) is 5.74. The van der Waals surface area contributed by atoms with Crippen molar-refractivity contribution in [3.63, 3.8) is 0 Å². The van der Waals surface area contributed by atoms with Gasteiger partial charge in [0.1, 0.15) is 11.6 Å². The van der Waals surface area contributed by atoms with E-state index < -0.39 is 0 Å². The van der Waals surface area contributed by atoms with E-state index in [9.17, 15) is 0 Å². The van der Waals surface area contributed by atoms with Gasteiger partial charge in [-0.05, 0) is 55.9 Å². The number of rotatable bonds is 7. The van der Waals surface area contributed by atoms with E-state index >= 15 is 0 Å². The maximum atomic E-state index is 6.09. The van der Waals surface area contributed by atoms with Crippen molar-refractivity contribution < 1.29 is 4.74 Å². The van der Waals surface area contributed by atoms with Crippen LogP contribution in [-0.4, -0.2) is 61.2 Å². The molecule has 3 aromatic rings. The number of fused-ring (bicyclic) bond motifs is 1. The van der Waals surface area contributed by atoms with E-state index in [1.807, 2.05) is 42.5 Å². The Hall–Kier alpha value is -2.05. The fraction of sp³-hybridized carbons (Fsp3) is 0.348. The van der Waals surface area contributed by atoms with Gasteiger partial charge in [0, 0.05) is 53.8 Å². The average Bonchev–Trinajstić information content (AvgIpc) is 2.71. The second-order valence-corrected chi connectivity index (χ2v) is 8.52. The number of benzene rings is 2. The molecule has 0 spiro atoms. The maximum absolute atomic E-state index is 6.09. The minimum Gasteiger partial charge on any atom is -0.493 e. The molecule has 2 aromatic carbocycles.